The Labute approximate surface area is 207 Å². The Morgan fingerprint density at radius 1 is 1.12 bits per heavy atom. The number of rotatable bonds is 6. The number of likely N-dealkylation sites (tertiary alicyclic amines) is 1. The zero-order chi connectivity index (χ0) is 21.5. The van der Waals surface area contributed by atoms with Gasteiger partial charge in [-0.15, -0.1) is 24.0 Å². The molecule has 172 valence electrons. The molecule has 0 bridgehead atoms. The maximum absolute atomic E-state index is 12.3. The molecule has 1 saturated heterocycles. The summed E-state index contributed by atoms with van der Waals surface area (Å²) in [6.07, 6.45) is 3.17. The molecule has 3 N–H and O–H groups in total. The molecule has 1 atom stereocenters. The fourth-order valence-corrected chi connectivity index (χ4v) is 3.96. The number of anilines is 1. The Morgan fingerprint density at radius 3 is 2.72 bits per heavy atom. The van der Waals surface area contributed by atoms with E-state index in [1.807, 2.05) is 54.3 Å². The van der Waals surface area contributed by atoms with Gasteiger partial charge in [0.05, 0.1) is 13.1 Å². The predicted molar refractivity (Wildman–Crippen MR) is 139 cm³/mol. The lowest BCUT2D eigenvalue weighted by atomic mass is 10.1. The van der Waals surface area contributed by atoms with Gasteiger partial charge in [-0.3, -0.25) is 0 Å². The van der Waals surface area contributed by atoms with Gasteiger partial charge >= 0.3 is 6.03 Å². The summed E-state index contributed by atoms with van der Waals surface area (Å²) in [6, 6.07) is 16.0. The Kier molecular flexibility index (Phi) is 9.01. The molecule has 0 saturated carbocycles. The van der Waals surface area contributed by atoms with Crippen LogP contribution < -0.4 is 20.7 Å². The van der Waals surface area contributed by atoms with E-state index in [-0.39, 0.29) is 36.1 Å². The van der Waals surface area contributed by atoms with Crippen LogP contribution in [0.5, 0.6) is 5.75 Å². The third kappa shape index (κ3) is 6.51. The minimum Gasteiger partial charge on any atom is -0.488 e. The minimum absolute atomic E-state index is 0. The quantitative estimate of drug-likeness (QED) is 0.290. The molecule has 32 heavy (non-hydrogen) atoms. The van der Waals surface area contributed by atoms with Crippen molar-refractivity contribution < 1.29 is 9.53 Å². The second-order valence-corrected chi connectivity index (χ2v) is 7.95. The highest BCUT2D eigenvalue weighted by Gasteiger charge is 2.22. The first-order valence-electron chi connectivity index (χ1n) is 11.1. The maximum Gasteiger partial charge on any atom is 0.321 e. The van der Waals surface area contributed by atoms with Crippen molar-refractivity contribution in [3.8, 4) is 5.75 Å². The fraction of sp³-hybridized carbons (Fsp3) is 0.417. The van der Waals surface area contributed by atoms with E-state index in [4.69, 9.17) is 9.73 Å². The van der Waals surface area contributed by atoms with Crippen molar-refractivity contribution in [2.24, 2.45) is 4.99 Å². The van der Waals surface area contributed by atoms with E-state index in [0.29, 0.717) is 13.1 Å². The normalized spacial score (nSPS) is 17.2. The van der Waals surface area contributed by atoms with Crippen molar-refractivity contribution in [3.63, 3.8) is 0 Å². The summed E-state index contributed by atoms with van der Waals surface area (Å²) in [6.45, 7) is 5.71. The summed E-state index contributed by atoms with van der Waals surface area (Å²) in [5.41, 5.74) is 3.10. The number of aliphatic imine (C=N–C) groups is 1. The number of ether oxygens (including phenoxy) is 1. The van der Waals surface area contributed by atoms with E-state index in [2.05, 4.69) is 22.0 Å². The lowest BCUT2D eigenvalue weighted by molar-refractivity contribution is 0.222. The average Bonchev–Trinajstić information content (AvgIpc) is 3.46. The second-order valence-electron chi connectivity index (χ2n) is 7.95. The van der Waals surface area contributed by atoms with Crippen LogP contribution in [0.25, 0.3) is 0 Å². The second kappa shape index (κ2) is 11.9. The molecule has 0 aliphatic carbocycles. The van der Waals surface area contributed by atoms with Gasteiger partial charge in [-0.1, -0.05) is 30.3 Å². The Morgan fingerprint density at radius 2 is 1.94 bits per heavy atom. The summed E-state index contributed by atoms with van der Waals surface area (Å²) in [7, 11) is 0. The van der Waals surface area contributed by atoms with Crippen LogP contribution in [0.4, 0.5) is 10.5 Å². The molecule has 0 aromatic heterocycles. The van der Waals surface area contributed by atoms with Crippen LogP contribution >= 0.6 is 24.0 Å². The van der Waals surface area contributed by atoms with Gasteiger partial charge in [0.25, 0.3) is 0 Å². The highest BCUT2D eigenvalue weighted by molar-refractivity contribution is 14.0. The van der Waals surface area contributed by atoms with Crippen LogP contribution in [0, 0.1) is 0 Å². The molecule has 1 fully saturated rings. The van der Waals surface area contributed by atoms with Gasteiger partial charge in [0, 0.05) is 31.7 Å². The predicted octanol–water partition coefficient (Wildman–Crippen LogP) is 3.99. The Bertz CT molecular complexity index is 905. The Balaban J connectivity index is 0.00000289. The number of amides is 2. The van der Waals surface area contributed by atoms with E-state index in [1.54, 1.807) is 0 Å². The van der Waals surface area contributed by atoms with Gasteiger partial charge < -0.3 is 25.6 Å². The molecule has 2 amide bonds. The number of urea groups is 1. The fourth-order valence-electron chi connectivity index (χ4n) is 3.96. The van der Waals surface area contributed by atoms with Crippen LogP contribution in [0.15, 0.2) is 53.5 Å². The molecule has 4 rings (SSSR count). The van der Waals surface area contributed by atoms with Gasteiger partial charge in [-0.2, -0.15) is 0 Å². The van der Waals surface area contributed by atoms with Crippen molar-refractivity contribution in [3.05, 3.63) is 59.7 Å². The minimum atomic E-state index is -0.0225. The van der Waals surface area contributed by atoms with Gasteiger partial charge in [0.2, 0.25) is 0 Å². The first kappa shape index (κ1) is 24.2. The van der Waals surface area contributed by atoms with Gasteiger partial charge in [0.15, 0.2) is 5.96 Å². The molecule has 0 radical (unpaired) electrons. The van der Waals surface area contributed by atoms with E-state index in [9.17, 15) is 4.79 Å². The first-order chi connectivity index (χ1) is 15.2. The summed E-state index contributed by atoms with van der Waals surface area (Å²) in [5.74, 6) is 1.73. The number of guanidine groups is 1. The highest BCUT2D eigenvalue weighted by Crippen LogP contribution is 2.27. The summed E-state index contributed by atoms with van der Waals surface area (Å²) in [4.78, 5) is 18.9. The van der Waals surface area contributed by atoms with Crippen LogP contribution in [-0.2, 0) is 13.0 Å². The number of nitrogens with one attached hydrogen (secondary N) is 3. The number of fused-ring (bicyclic) bond motifs is 1. The number of hydrogen-bond donors (Lipinski definition) is 3. The number of hydrogen-bond acceptors (Lipinski definition) is 3. The van der Waals surface area contributed by atoms with Crippen LogP contribution in [0.3, 0.4) is 0 Å². The monoisotopic (exact) mass is 549 g/mol. The Hall–Kier alpha value is -2.49. The third-order valence-corrected chi connectivity index (χ3v) is 5.55. The molecular weight excluding hydrogens is 517 g/mol. The van der Waals surface area contributed by atoms with Crippen LogP contribution in [-0.4, -0.2) is 49.2 Å². The van der Waals surface area contributed by atoms with Gasteiger partial charge in [0.1, 0.15) is 11.9 Å². The zero-order valence-electron chi connectivity index (χ0n) is 18.5. The number of carbonyl (C=O) groups excluding carboxylic acids is 1. The van der Waals surface area contributed by atoms with E-state index in [1.165, 1.54) is 5.56 Å². The van der Waals surface area contributed by atoms with E-state index in [0.717, 1.165) is 61.9 Å². The molecule has 2 aromatic rings. The largest absolute Gasteiger partial charge is 0.488 e. The molecule has 7 nitrogen and oxygen atoms in total. The van der Waals surface area contributed by atoms with Gasteiger partial charge in [-0.25, -0.2) is 9.79 Å². The molecular formula is C24H32IN5O2. The van der Waals surface area contributed by atoms with E-state index >= 15 is 0 Å². The topological polar surface area (TPSA) is 78.0 Å². The summed E-state index contributed by atoms with van der Waals surface area (Å²) >= 11 is 0. The zero-order valence-corrected chi connectivity index (χ0v) is 20.8. The third-order valence-electron chi connectivity index (χ3n) is 5.55. The van der Waals surface area contributed by atoms with E-state index < -0.39 is 0 Å². The maximum atomic E-state index is 12.3. The van der Waals surface area contributed by atoms with Crippen LogP contribution in [0.1, 0.15) is 30.9 Å². The number of nitrogens with zero attached hydrogens (tertiary/aromatic N) is 2. The lowest BCUT2D eigenvalue weighted by Crippen LogP contribution is -2.42. The molecule has 2 heterocycles. The van der Waals surface area contributed by atoms with Gasteiger partial charge in [-0.05, 0) is 49.1 Å². The number of benzene rings is 2. The molecule has 2 aliphatic rings. The van der Waals surface area contributed by atoms with Crippen LogP contribution in [0.2, 0.25) is 0 Å². The SMILES string of the molecule is CCNC(=NCc1cccc(NC(=O)N2CCCC2)c1)NCC1Cc2ccccc2O1.I. The number of para-hydroxylation sites is 1. The van der Waals surface area contributed by atoms with Crippen molar-refractivity contribution in [2.45, 2.75) is 38.8 Å². The lowest BCUT2D eigenvalue weighted by Gasteiger charge is -2.17. The summed E-state index contributed by atoms with van der Waals surface area (Å²) in [5, 5.41) is 9.68. The van der Waals surface area contributed by atoms with Crippen molar-refractivity contribution in [1.82, 2.24) is 15.5 Å². The van der Waals surface area contributed by atoms with Crippen molar-refractivity contribution >= 4 is 41.7 Å². The number of halogens is 1. The molecule has 2 aromatic carbocycles. The number of carbonyl (C=O) groups is 1. The molecule has 0 spiro atoms. The molecule has 2 aliphatic heterocycles. The molecule has 8 heteroatoms. The molecule has 1 unspecified atom stereocenters. The average molecular weight is 549 g/mol. The standard InChI is InChI=1S/C24H31N5O2.HI/c1-2-25-23(27-17-21-15-19-9-3-4-11-22(19)31-21)26-16-18-8-7-10-20(14-18)28-24(30)29-12-5-6-13-29;/h3-4,7-11,14,21H,2,5-6,12-13,15-17H2,1H3,(H,28,30)(H2,25,26,27);1H. The first-order valence-corrected chi connectivity index (χ1v) is 11.1. The van der Waals surface area contributed by atoms with Crippen molar-refractivity contribution in [1.29, 1.82) is 0 Å². The summed E-state index contributed by atoms with van der Waals surface area (Å²) < 4.78 is 6.00. The highest BCUT2D eigenvalue weighted by atomic mass is 127. The van der Waals surface area contributed by atoms with Crippen molar-refractivity contribution in [2.75, 3.05) is 31.5 Å². The smallest absolute Gasteiger partial charge is 0.321 e.